The van der Waals surface area contributed by atoms with E-state index in [2.05, 4.69) is 10.1 Å². The number of aryl methyl sites for hydroxylation is 1. The van der Waals surface area contributed by atoms with Gasteiger partial charge in [0, 0.05) is 26.6 Å². The van der Waals surface area contributed by atoms with Crippen molar-refractivity contribution in [2.45, 2.75) is 26.4 Å². The molecule has 4 aromatic rings. The molecule has 0 aliphatic heterocycles. The van der Waals surface area contributed by atoms with E-state index in [1.807, 2.05) is 60.7 Å². The molecule has 152 valence electrons. The molecule has 0 bridgehead atoms. The summed E-state index contributed by atoms with van der Waals surface area (Å²) in [4.78, 5) is 31.9. The number of amides is 1. The Morgan fingerprint density at radius 2 is 1.70 bits per heavy atom. The molecule has 1 amide bonds. The maximum atomic E-state index is 13.0. The highest BCUT2D eigenvalue weighted by Gasteiger charge is 2.16. The Morgan fingerprint density at radius 3 is 2.40 bits per heavy atom. The molecule has 0 radical (unpaired) electrons. The molecule has 0 unspecified atom stereocenters. The van der Waals surface area contributed by atoms with Gasteiger partial charge in [-0.2, -0.15) is 5.10 Å². The van der Waals surface area contributed by atoms with Crippen molar-refractivity contribution in [2.75, 3.05) is 7.05 Å². The Balaban J connectivity index is 1.53. The number of rotatable bonds is 6. The van der Waals surface area contributed by atoms with Gasteiger partial charge in [-0.15, -0.1) is 0 Å². The predicted molar refractivity (Wildman–Crippen MR) is 115 cm³/mol. The molecular weight excluding hydrogens is 378 g/mol. The van der Waals surface area contributed by atoms with Crippen LogP contribution in [0.2, 0.25) is 0 Å². The number of carbonyl (C=O) groups excluding carboxylic acids is 1. The SMILES string of the molecule is Cc1nc2c(cnn2-c2ccccc2)c(=O)n1CCC(=O)N(C)Cc1ccccc1. The van der Waals surface area contributed by atoms with E-state index in [9.17, 15) is 9.59 Å². The van der Waals surface area contributed by atoms with Crippen molar-refractivity contribution in [3.05, 3.63) is 88.6 Å². The van der Waals surface area contributed by atoms with Crippen molar-refractivity contribution in [2.24, 2.45) is 0 Å². The minimum atomic E-state index is -0.182. The zero-order valence-electron chi connectivity index (χ0n) is 17.0. The molecule has 0 spiro atoms. The van der Waals surface area contributed by atoms with Crippen LogP contribution in [0.1, 0.15) is 17.8 Å². The zero-order chi connectivity index (χ0) is 21.1. The number of hydrogen-bond donors (Lipinski definition) is 0. The van der Waals surface area contributed by atoms with Crippen LogP contribution in [0.25, 0.3) is 16.7 Å². The van der Waals surface area contributed by atoms with Crippen molar-refractivity contribution in [3.63, 3.8) is 0 Å². The number of para-hydroxylation sites is 1. The summed E-state index contributed by atoms with van der Waals surface area (Å²) in [5, 5.41) is 4.78. The average Bonchev–Trinajstić information content (AvgIpc) is 3.18. The van der Waals surface area contributed by atoms with Gasteiger partial charge in [0.25, 0.3) is 5.56 Å². The highest BCUT2D eigenvalue weighted by atomic mass is 16.2. The first kappa shape index (κ1) is 19.6. The summed E-state index contributed by atoms with van der Waals surface area (Å²) >= 11 is 0. The third kappa shape index (κ3) is 3.87. The van der Waals surface area contributed by atoms with Crippen molar-refractivity contribution >= 4 is 16.9 Å². The predicted octanol–water partition coefficient (Wildman–Crippen LogP) is 2.94. The van der Waals surface area contributed by atoms with Crippen LogP contribution in [0.3, 0.4) is 0 Å². The number of fused-ring (bicyclic) bond motifs is 1. The van der Waals surface area contributed by atoms with E-state index in [4.69, 9.17) is 0 Å². The quantitative estimate of drug-likeness (QED) is 0.498. The lowest BCUT2D eigenvalue weighted by Gasteiger charge is -2.18. The van der Waals surface area contributed by atoms with E-state index in [1.54, 1.807) is 28.1 Å². The third-order valence-corrected chi connectivity index (χ3v) is 5.12. The topological polar surface area (TPSA) is 73.0 Å². The Hall–Kier alpha value is -3.74. The van der Waals surface area contributed by atoms with E-state index in [-0.39, 0.29) is 24.4 Å². The maximum Gasteiger partial charge on any atom is 0.264 e. The summed E-state index contributed by atoms with van der Waals surface area (Å²) in [6.45, 7) is 2.60. The van der Waals surface area contributed by atoms with Gasteiger partial charge in [0.1, 0.15) is 11.2 Å². The summed E-state index contributed by atoms with van der Waals surface area (Å²) < 4.78 is 3.21. The summed E-state index contributed by atoms with van der Waals surface area (Å²) in [5.41, 5.74) is 2.25. The summed E-state index contributed by atoms with van der Waals surface area (Å²) in [6, 6.07) is 19.4. The van der Waals surface area contributed by atoms with Crippen molar-refractivity contribution < 1.29 is 4.79 Å². The smallest absolute Gasteiger partial charge is 0.264 e. The Bertz CT molecular complexity index is 1230. The molecule has 2 aromatic carbocycles. The fraction of sp³-hybridized carbons (Fsp3) is 0.217. The molecule has 0 aliphatic carbocycles. The van der Waals surface area contributed by atoms with Crippen LogP contribution in [0, 0.1) is 6.92 Å². The molecule has 0 N–H and O–H groups in total. The molecule has 2 heterocycles. The van der Waals surface area contributed by atoms with Crippen LogP contribution in [-0.4, -0.2) is 37.2 Å². The lowest BCUT2D eigenvalue weighted by molar-refractivity contribution is -0.130. The Labute approximate surface area is 174 Å². The molecule has 0 aliphatic rings. The van der Waals surface area contributed by atoms with E-state index < -0.39 is 0 Å². The first-order chi connectivity index (χ1) is 14.5. The molecule has 2 aromatic heterocycles. The lowest BCUT2D eigenvalue weighted by Crippen LogP contribution is -2.30. The summed E-state index contributed by atoms with van der Waals surface area (Å²) in [6.07, 6.45) is 1.76. The largest absolute Gasteiger partial charge is 0.341 e. The van der Waals surface area contributed by atoms with E-state index in [1.165, 1.54) is 6.20 Å². The molecule has 7 heteroatoms. The summed E-state index contributed by atoms with van der Waals surface area (Å²) in [5.74, 6) is 0.536. The molecule has 30 heavy (non-hydrogen) atoms. The van der Waals surface area contributed by atoms with Gasteiger partial charge in [-0.05, 0) is 24.6 Å². The Morgan fingerprint density at radius 1 is 1.03 bits per heavy atom. The normalized spacial score (nSPS) is 11.0. The first-order valence-electron chi connectivity index (χ1n) is 9.83. The number of aromatic nitrogens is 4. The highest BCUT2D eigenvalue weighted by molar-refractivity contribution is 5.76. The van der Waals surface area contributed by atoms with Gasteiger partial charge in [0.15, 0.2) is 5.65 Å². The number of carbonyl (C=O) groups is 1. The maximum absolute atomic E-state index is 13.0. The van der Waals surface area contributed by atoms with E-state index in [0.717, 1.165) is 11.3 Å². The van der Waals surface area contributed by atoms with Crippen LogP contribution >= 0.6 is 0 Å². The Kier molecular flexibility index (Phi) is 5.43. The highest BCUT2D eigenvalue weighted by Crippen LogP contribution is 2.14. The second-order valence-electron chi connectivity index (χ2n) is 7.23. The third-order valence-electron chi connectivity index (χ3n) is 5.12. The summed E-state index contributed by atoms with van der Waals surface area (Å²) in [7, 11) is 1.77. The molecule has 0 atom stereocenters. The van der Waals surface area contributed by atoms with Crippen LogP contribution in [0.15, 0.2) is 71.7 Å². The number of nitrogens with zero attached hydrogens (tertiary/aromatic N) is 5. The van der Waals surface area contributed by atoms with Crippen molar-refractivity contribution in [1.82, 2.24) is 24.2 Å². The van der Waals surface area contributed by atoms with Gasteiger partial charge in [0.05, 0.1) is 11.9 Å². The van der Waals surface area contributed by atoms with Gasteiger partial charge in [-0.25, -0.2) is 9.67 Å². The fourth-order valence-corrected chi connectivity index (χ4v) is 3.47. The molecule has 7 nitrogen and oxygen atoms in total. The van der Waals surface area contributed by atoms with Gasteiger partial charge in [0.2, 0.25) is 5.91 Å². The number of benzene rings is 2. The second-order valence-corrected chi connectivity index (χ2v) is 7.23. The second kappa shape index (κ2) is 8.32. The standard InChI is InChI=1S/C23H23N5O2/c1-17-25-22-20(15-24-28(22)19-11-7-4-8-12-19)23(30)27(17)14-13-21(29)26(2)16-18-9-5-3-6-10-18/h3-12,15H,13-14,16H2,1-2H3. The zero-order valence-corrected chi connectivity index (χ0v) is 17.0. The number of hydrogen-bond acceptors (Lipinski definition) is 4. The minimum absolute atomic E-state index is 0.0229. The first-order valence-corrected chi connectivity index (χ1v) is 9.83. The minimum Gasteiger partial charge on any atom is -0.341 e. The van der Waals surface area contributed by atoms with Gasteiger partial charge in [-0.1, -0.05) is 48.5 Å². The van der Waals surface area contributed by atoms with Crippen molar-refractivity contribution in [1.29, 1.82) is 0 Å². The van der Waals surface area contributed by atoms with Gasteiger partial charge in [-0.3, -0.25) is 14.2 Å². The van der Waals surface area contributed by atoms with Crippen LogP contribution in [0.4, 0.5) is 0 Å². The molecule has 0 saturated heterocycles. The molecule has 4 rings (SSSR count). The van der Waals surface area contributed by atoms with Crippen LogP contribution in [-0.2, 0) is 17.9 Å². The van der Waals surface area contributed by atoms with E-state index in [0.29, 0.717) is 23.4 Å². The lowest BCUT2D eigenvalue weighted by atomic mass is 10.2. The van der Waals surface area contributed by atoms with Crippen molar-refractivity contribution in [3.8, 4) is 5.69 Å². The van der Waals surface area contributed by atoms with E-state index >= 15 is 0 Å². The van der Waals surface area contributed by atoms with Gasteiger partial charge < -0.3 is 4.90 Å². The molecular formula is C23H23N5O2. The van der Waals surface area contributed by atoms with Crippen LogP contribution < -0.4 is 5.56 Å². The molecule has 0 saturated carbocycles. The molecule has 0 fully saturated rings. The monoisotopic (exact) mass is 401 g/mol. The average molecular weight is 401 g/mol. The van der Waals surface area contributed by atoms with Gasteiger partial charge >= 0.3 is 0 Å². The van der Waals surface area contributed by atoms with Crippen LogP contribution in [0.5, 0.6) is 0 Å². The fourth-order valence-electron chi connectivity index (χ4n) is 3.47.